The molecule has 1 aliphatic carbocycles. The van der Waals surface area contributed by atoms with Crippen LogP contribution in [0.1, 0.15) is 18.4 Å². The molecule has 0 spiro atoms. The van der Waals surface area contributed by atoms with Crippen LogP contribution in [-0.2, 0) is 16.4 Å². The van der Waals surface area contributed by atoms with Crippen LogP contribution in [0.4, 0.5) is 4.39 Å². The van der Waals surface area contributed by atoms with E-state index >= 15 is 0 Å². The van der Waals surface area contributed by atoms with Gasteiger partial charge in [0.05, 0.1) is 4.90 Å². The van der Waals surface area contributed by atoms with Crippen LogP contribution in [0.2, 0.25) is 0 Å². The van der Waals surface area contributed by atoms with Crippen LogP contribution in [0.5, 0.6) is 0 Å². The summed E-state index contributed by atoms with van der Waals surface area (Å²) in [4.78, 5) is 2.58. The second kappa shape index (κ2) is 7.10. The Morgan fingerprint density at radius 3 is 2.31 bits per heavy atom. The zero-order chi connectivity index (χ0) is 18.1. The first-order valence-electron chi connectivity index (χ1n) is 9.09. The van der Waals surface area contributed by atoms with Gasteiger partial charge in [0.2, 0.25) is 10.0 Å². The van der Waals surface area contributed by atoms with E-state index in [4.69, 9.17) is 0 Å². The van der Waals surface area contributed by atoms with Crippen LogP contribution in [0.15, 0.2) is 59.5 Å². The highest BCUT2D eigenvalue weighted by Crippen LogP contribution is 2.31. The third-order valence-corrected chi connectivity index (χ3v) is 7.22. The molecule has 0 N–H and O–H groups in total. The quantitative estimate of drug-likeness (QED) is 0.808. The lowest BCUT2D eigenvalue weighted by Crippen LogP contribution is -2.56. The molecule has 26 heavy (non-hydrogen) atoms. The van der Waals surface area contributed by atoms with E-state index in [0.29, 0.717) is 19.0 Å². The van der Waals surface area contributed by atoms with Crippen molar-refractivity contribution in [3.8, 4) is 0 Å². The van der Waals surface area contributed by atoms with Gasteiger partial charge in [0.1, 0.15) is 5.82 Å². The molecule has 2 aliphatic rings. The third-order valence-electron chi connectivity index (χ3n) is 5.26. The Hall–Kier alpha value is -1.76. The van der Waals surface area contributed by atoms with Gasteiger partial charge in [0, 0.05) is 31.7 Å². The van der Waals surface area contributed by atoms with E-state index in [-0.39, 0.29) is 10.9 Å². The molecule has 2 fully saturated rings. The summed E-state index contributed by atoms with van der Waals surface area (Å²) in [7, 11) is -3.64. The summed E-state index contributed by atoms with van der Waals surface area (Å²) in [6.07, 6.45) is 3.11. The van der Waals surface area contributed by atoms with Gasteiger partial charge < -0.3 is 0 Å². The predicted octanol–water partition coefficient (Wildman–Crippen LogP) is 2.91. The molecule has 4 nitrogen and oxygen atoms in total. The van der Waals surface area contributed by atoms with Crippen molar-refractivity contribution in [2.75, 3.05) is 19.6 Å². The van der Waals surface area contributed by atoms with Crippen LogP contribution in [0, 0.1) is 5.82 Å². The van der Waals surface area contributed by atoms with Crippen LogP contribution < -0.4 is 0 Å². The molecule has 4 rings (SSSR count). The van der Waals surface area contributed by atoms with Crippen molar-refractivity contribution in [1.29, 1.82) is 0 Å². The Labute approximate surface area is 154 Å². The molecule has 1 saturated carbocycles. The second-order valence-corrected chi connectivity index (χ2v) is 9.03. The smallest absolute Gasteiger partial charge is 0.243 e. The number of sulfonamides is 1. The summed E-state index contributed by atoms with van der Waals surface area (Å²) < 4.78 is 41.2. The Bertz CT molecular complexity index is 851. The predicted molar refractivity (Wildman–Crippen MR) is 98.8 cm³/mol. The highest BCUT2D eigenvalue weighted by molar-refractivity contribution is 7.89. The van der Waals surface area contributed by atoms with Gasteiger partial charge in [-0.3, -0.25) is 4.90 Å². The molecular weight excluding hydrogens is 351 g/mol. The number of hydrogen-bond acceptors (Lipinski definition) is 3. The Morgan fingerprint density at radius 2 is 1.65 bits per heavy atom. The van der Waals surface area contributed by atoms with Crippen molar-refractivity contribution < 1.29 is 12.8 Å². The van der Waals surface area contributed by atoms with Gasteiger partial charge in [-0.25, -0.2) is 12.8 Å². The van der Waals surface area contributed by atoms with Crippen molar-refractivity contribution >= 4 is 10.0 Å². The topological polar surface area (TPSA) is 40.6 Å². The van der Waals surface area contributed by atoms with E-state index in [1.54, 1.807) is 4.31 Å². The zero-order valence-electron chi connectivity index (χ0n) is 14.6. The van der Waals surface area contributed by atoms with Gasteiger partial charge in [-0.05, 0) is 49.1 Å². The standard InChI is InChI=1S/C20H23FN2O2S/c21-17-6-10-20(11-7-17)26(24,25)23-13-12-22(18-8-9-18)15-19(23)14-16-4-2-1-3-5-16/h1-7,10-11,18-19H,8-9,12-15H2. The molecule has 0 aromatic heterocycles. The fraction of sp³-hybridized carbons (Fsp3) is 0.400. The maximum absolute atomic E-state index is 13.2. The number of rotatable bonds is 5. The minimum atomic E-state index is -3.64. The molecule has 1 aliphatic heterocycles. The van der Waals surface area contributed by atoms with E-state index in [1.807, 2.05) is 30.3 Å². The van der Waals surface area contributed by atoms with Gasteiger partial charge >= 0.3 is 0 Å². The van der Waals surface area contributed by atoms with Crippen molar-refractivity contribution in [2.24, 2.45) is 0 Å². The first-order valence-corrected chi connectivity index (χ1v) is 10.5. The SMILES string of the molecule is O=S(=O)(c1ccc(F)cc1)N1CCN(C2CC2)CC1Cc1ccccc1. The molecule has 6 heteroatoms. The normalized spacial score (nSPS) is 22.4. The van der Waals surface area contributed by atoms with Crippen molar-refractivity contribution in [3.05, 3.63) is 66.0 Å². The highest BCUT2D eigenvalue weighted by Gasteiger charge is 2.40. The van der Waals surface area contributed by atoms with Crippen LogP contribution in [-0.4, -0.2) is 49.3 Å². The molecule has 0 bridgehead atoms. The maximum Gasteiger partial charge on any atom is 0.243 e. The molecule has 1 atom stereocenters. The fourth-order valence-electron chi connectivity index (χ4n) is 3.74. The number of halogens is 1. The number of hydrogen-bond donors (Lipinski definition) is 0. The van der Waals surface area contributed by atoms with E-state index < -0.39 is 15.8 Å². The molecule has 1 unspecified atom stereocenters. The Kier molecular flexibility index (Phi) is 4.82. The summed E-state index contributed by atoms with van der Waals surface area (Å²) in [5.74, 6) is -0.427. The van der Waals surface area contributed by atoms with E-state index in [0.717, 1.165) is 18.7 Å². The van der Waals surface area contributed by atoms with E-state index in [9.17, 15) is 12.8 Å². The summed E-state index contributed by atoms with van der Waals surface area (Å²) in [6, 6.07) is 15.6. The largest absolute Gasteiger partial charge is 0.297 e. The lowest BCUT2D eigenvalue weighted by molar-refractivity contribution is 0.128. The maximum atomic E-state index is 13.2. The van der Waals surface area contributed by atoms with Gasteiger partial charge in [0.15, 0.2) is 0 Å². The second-order valence-electron chi connectivity index (χ2n) is 7.14. The van der Waals surface area contributed by atoms with Gasteiger partial charge in [0.25, 0.3) is 0 Å². The van der Waals surface area contributed by atoms with Crippen molar-refractivity contribution in [1.82, 2.24) is 9.21 Å². The molecule has 0 radical (unpaired) electrons. The van der Waals surface area contributed by atoms with Crippen LogP contribution >= 0.6 is 0 Å². The number of piperazine rings is 1. The van der Waals surface area contributed by atoms with Gasteiger partial charge in [-0.1, -0.05) is 30.3 Å². The molecule has 0 amide bonds. The summed E-state index contributed by atoms with van der Waals surface area (Å²) >= 11 is 0. The lowest BCUT2D eigenvalue weighted by Gasteiger charge is -2.41. The first kappa shape index (κ1) is 17.6. The van der Waals surface area contributed by atoms with E-state index in [2.05, 4.69) is 4.90 Å². The molecular formula is C20H23FN2O2S. The number of benzene rings is 2. The molecule has 138 valence electrons. The molecule has 1 saturated heterocycles. The highest BCUT2D eigenvalue weighted by atomic mass is 32.2. The van der Waals surface area contributed by atoms with Crippen LogP contribution in [0.3, 0.4) is 0 Å². The Balaban J connectivity index is 1.62. The van der Waals surface area contributed by atoms with Crippen LogP contribution in [0.25, 0.3) is 0 Å². The van der Waals surface area contributed by atoms with Gasteiger partial charge in [-0.2, -0.15) is 4.31 Å². The van der Waals surface area contributed by atoms with Crippen molar-refractivity contribution in [2.45, 2.75) is 36.2 Å². The lowest BCUT2D eigenvalue weighted by atomic mass is 10.0. The third kappa shape index (κ3) is 3.68. The van der Waals surface area contributed by atoms with E-state index in [1.165, 1.54) is 37.1 Å². The fourth-order valence-corrected chi connectivity index (χ4v) is 5.35. The summed E-state index contributed by atoms with van der Waals surface area (Å²) in [6.45, 7) is 1.99. The van der Waals surface area contributed by atoms with Crippen molar-refractivity contribution in [3.63, 3.8) is 0 Å². The Morgan fingerprint density at radius 1 is 0.962 bits per heavy atom. The number of nitrogens with zero attached hydrogens (tertiary/aromatic N) is 2. The average molecular weight is 374 g/mol. The summed E-state index contributed by atoms with van der Waals surface area (Å²) in [5.41, 5.74) is 1.13. The molecule has 2 aromatic rings. The monoisotopic (exact) mass is 374 g/mol. The summed E-state index contributed by atoms with van der Waals surface area (Å²) in [5, 5.41) is 0. The minimum absolute atomic E-state index is 0.109. The molecule has 2 aromatic carbocycles. The molecule has 1 heterocycles. The zero-order valence-corrected chi connectivity index (χ0v) is 15.4. The minimum Gasteiger partial charge on any atom is -0.297 e. The first-order chi connectivity index (χ1) is 12.5. The van der Waals surface area contributed by atoms with Gasteiger partial charge in [-0.15, -0.1) is 0 Å². The average Bonchev–Trinajstić information content (AvgIpc) is 3.48.